The van der Waals surface area contributed by atoms with Crippen molar-refractivity contribution in [1.82, 2.24) is 5.32 Å². The van der Waals surface area contributed by atoms with Crippen molar-refractivity contribution >= 4 is 11.3 Å². The van der Waals surface area contributed by atoms with Gasteiger partial charge in [-0.15, -0.1) is 0 Å². The molecule has 1 aliphatic carbocycles. The van der Waals surface area contributed by atoms with E-state index in [0.717, 1.165) is 12.5 Å². The van der Waals surface area contributed by atoms with Gasteiger partial charge >= 0.3 is 0 Å². The van der Waals surface area contributed by atoms with Crippen molar-refractivity contribution in [2.45, 2.75) is 53.5 Å². The highest BCUT2D eigenvalue weighted by Crippen LogP contribution is 2.69. The Morgan fingerprint density at radius 2 is 1.94 bits per heavy atom. The normalized spacial score (nSPS) is 22.9. The van der Waals surface area contributed by atoms with Gasteiger partial charge in [-0.05, 0) is 58.5 Å². The largest absolute Gasteiger partial charge is 0.314 e. The zero-order valence-corrected chi connectivity index (χ0v) is 13.2. The maximum atomic E-state index is 3.72. The molecule has 0 aliphatic heterocycles. The van der Waals surface area contributed by atoms with Crippen LogP contribution in [0.15, 0.2) is 16.8 Å². The number of thiophene rings is 1. The summed E-state index contributed by atoms with van der Waals surface area (Å²) in [5, 5.41) is 8.19. The van der Waals surface area contributed by atoms with Crippen molar-refractivity contribution in [3.05, 3.63) is 22.4 Å². The van der Waals surface area contributed by atoms with Crippen molar-refractivity contribution in [1.29, 1.82) is 0 Å². The lowest BCUT2D eigenvalue weighted by molar-refractivity contribution is 0.384. The molecule has 1 aromatic rings. The highest BCUT2D eigenvalue weighted by Gasteiger charge is 2.66. The third-order valence-corrected chi connectivity index (χ3v) is 6.06. The van der Waals surface area contributed by atoms with Gasteiger partial charge in [0.15, 0.2) is 0 Å². The molecule has 1 N–H and O–H groups in total. The van der Waals surface area contributed by atoms with Gasteiger partial charge in [-0.3, -0.25) is 0 Å². The highest BCUT2D eigenvalue weighted by atomic mass is 32.1. The summed E-state index contributed by atoms with van der Waals surface area (Å²) in [6.45, 7) is 13.0. The van der Waals surface area contributed by atoms with Gasteiger partial charge in [-0.2, -0.15) is 11.3 Å². The van der Waals surface area contributed by atoms with Crippen LogP contribution in [-0.2, 0) is 6.42 Å². The molecule has 0 radical (unpaired) electrons. The predicted molar refractivity (Wildman–Crippen MR) is 81.2 cm³/mol. The van der Waals surface area contributed by atoms with Crippen molar-refractivity contribution in [3.8, 4) is 0 Å². The van der Waals surface area contributed by atoms with Gasteiger partial charge in [0, 0.05) is 6.04 Å². The average molecular weight is 265 g/mol. The van der Waals surface area contributed by atoms with E-state index in [2.05, 4.69) is 56.8 Å². The minimum atomic E-state index is 0.481. The smallest absolute Gasteiger partial charge is 0.0109 e. The van der Waals surface area contributed by atoms with Crippen molar-refractivity contribution in [3.63, 3.8) is 0 Å². The van der Waals surface area contributed by atoms with E-state index in [0.29, 0.717) is 16.9 Å². The van der Waals surface area contributed by atoms with Crippen LogP contribution in [0.1, 0.15) is 46.6 Å². The molecule has 1 nitrogen and oxygen atoms in total. The molecule has 2 heteroatoms. The molecule has 102 valence electrons. The number of rotatable bonds is 6. The molecule has 18 heavy (non-hydrogen) atoms. The number of nitrogens with one attached hydrogen (secondary N) is 1. The second kappa shape index (κ2) is 4.97. The summed E-state index contributed by atoms with van der Waals surface area (Å²) in [5.74, 6) is 0.809. The molecule has 1 atom stereocenters. The maximum Gasteiger partial charge on any atom is 0.0109 e. The Morgan fingerprint density at radius 3 is 2.39 bits per heavy atom. The lowest BCUT2D eigenvalue weighted by Gasteiger charge is -2.20. The van der Waals surface area contributed by atoms with Crippen LogP contribution in [-0.4, -0.2) is 12.6 Å². The van der Waals surface area contributed by atoms with Gasteiger partial charge in [0.2, 0.25) is 0 Å². The van der Waals surface area contributed by atoms with Gasteiger partial charge in [0.05, 0.1) is 0 Å². The van der Waals surface area contributed by atoms with E-state index in [1.165, 1.54) is 18.4 Å². The molecule has 1 unspecified atom stereocenters. The molecular weight excluding hydrogens is 238 g/mol. The van der Waals surface area contributed by atoms with E-state index in [4.69, 9.17) is 0 Å². The van der Waals surface area contributed by atoms with E-state index < -0.39 is 0 Å². The number of aryl methyl sites for hydroxylation is 1. The lowest BCUT2D eigenvalue weighted by Crippen LogP contribution is -2.33. The Balaban J connectivity index is 1.97. The first-order valence-corrected chi connectivity index (χ1v) is 8.10. The Labute approximate surface area is 116 Å². The molecule has 1 fully saturated rings. The fraction of sp³-hybridized carbons (Fsp3) is 0.750. The second-order valence-corrected chi connectivity index (χ2v) is 7.54. The first-order chi connectivity index (χ1) is 8.41. The van der Waals surface area contributed by atoms with Crippen LogP contribution in [0, 0.1) is 16.7 Å². The summed E-state index contributed by atoms with van der Waals surface area (Å²) >= 11 is 1.81. The van der Waals surface area contributed by atoms with Crippen LogP contribution in [0.2, 0.25) is 0 Å². The average Bonchev–Trinajstić information content (AvgIpc) is 2.71. The molecule has 1 heterocycles. The van der Waals surface area contributed by atoms with E-state index in [9.17, 15) is 0 Å². The van der Waals surface area contributed by atoms with Crippen LogP contribution in [0.25, 0.3) is 0 Å². The molecule has 2 rings (SSSR count). The molecule has 0 spiro atoms. The number of hydrogen-bond donors (Lipinski definition) is 1. The Kier molecular flexibility index (Phi) is 3.89. The predicted octanol–water partition coefficient (Wildman–Crippen LogP) is 4.34. The Morgan fingerprint density at radius 1 is 1.28 bits per heavy atom. The molecular formula is C16H27NS. The molecule has 0 amide bonds. The molecule has 0 saturated heterocycles. The zero-order valence-electron chi connectivity index (χ0n) is 12.4. The van der Waals surface area contributed by atoms with Crippen LogP contribution in [0.3, 0.4) is 0 Å². The highest BCUT2D eigenvalue weighted by molar-refractivity contribution is 7.07. The van der Waals surface area contributed by atoms with Crippen LogP contribution >= 0.6 is 11.3 Å². The van der Waals surface area contributed by atoms with Gasteiger partial charge < -0.3 is 5.32 Å². The monoisotopic (exact) mass is 265 g/mol. The lowest BCUT2D eigenvalue weighted by atomic mass is 9.98. The second-order valence-electron chi connectivity index (χ2n) is 6.76. The minimum Gasteiger partial charge on any atom is -0.314 e. The summed E-state index contributed by atoms with van der Waals surface area (Å²) < 4.78 is 0. The van der Waals surface area contributed by atoms with E-state index >= 15 is 0 Å². The van der Waals surface area contributed by atoms with E-state index in [-0.39, 0.29) is 0 Å². The first kappa shape index (κ1) is 14.1. The Hall–Kier alpha value is -0.340. The first-order valence-electron chi connectivity index (χ1n) is 7.15. The molecule has 0 aromatic carbocycles. The van der Waals surface area contributed by atoms with Crippen molar-refractivity contribution < 1.29 is 0 Å². The molecule has 1 aliphatic rings. The SMILES string of the molecule is CCNC(CCc1ccsc1)C1C(C)(C)C1(C)C. The number of hydrogen-bond acceptors (Lipinski definition) is 2. The van der Waals surface area contributed by atoms with Crippen LogP contribution in [0.5, 0.6) is 0 Å². The van der Waals surface area contributed by atoms with Gasteiger partial charge in [-0.25, -0.2) is 0 Å². The molecule has 1 aromatic heterocycles. The molecule has 0 bridgehead atoms. The quantitative estimate of drug-likeness (QED) is 0.806. The van der Waals surface area contributed by atoms with Crippen LogP contribution < -0.4 is 5.32 Å². The standard InChI is InChI=1S/C16H27NS/c1-6-17-13(8-7-12-9-10-18-11-12)14-15(2,3)16(14,4)5/h9-11,13-14,17H,6-8H2,1-5H3. The van der Waals surface area contributed by atoms with Gasteiger partial charge in [-0.1, -0.05) is 34.6 Å². The van der Waals surface area contributed by atoms with E-state index in [1.807, 2.05) is 11.3 Å². The third kappa shape index (κ3) is 2.37. The topological polar surface area (TPSA) is 12.0 Å². The zero-order chi connectivity index (χ0) is 13.4. The summed E-state index contributed by atoms with van der Waals surface area (Å²) in [6.07, 6.45) is 2.48. The van der Waals surface area contributed by atoms with Crippen molar-refractivity contribution in [2.24, 2.45) is 16.7 Å². The summed E-state index contributed by atoms with van der Waals surface area (Å²) in [5.41, 5.74) is 2.46. The third-order valence-electron chi connectivity index (χ3n) is 5.33. The molecule has 1 saturated carbocycles. The van der Waals surface area contributed by atoms with Crippen molar-refractivity contribution in [2.75, 3.05) is 6.54 Å². The van der Waals surface area contributed by atoms with Crippen LogP contribution in [0.4, 0.5) is 0 Å². The minimum absolute atomic E-state index is 0.481. The fourth-order valence-corrected chi connectivity index (χ4v) is 4.36. The summed E-state index contributed by atoms with van der Waals surface area (Å²) in [6, 6.07) is 2.93. The van der Waals surface area contributed by atoms with E-state index in [1.54, 1.807) is 0 Å². The summed E-state index contributed by atoms with van der Waals surface area (Å²) in [4.78, 5) is 0. The van der Waals surface area contributed by atoms with Gasteiger partial charge in [0.1, 0.15) is 0 Å². The summed E-state index contributed by atoms with van der Waals surface area (Å²) in [7, 11) is 0. The maximum absolute atomic E-state index is 3.72. The van der Waals surface area contributed by atoms with Gasteiger partial charge in [0.25, 0.3) is 0 Å². The Bertz CT molecular complexity index is 364. The fourth-order valence-electron chi connectivity index (χ4n) is 3.66.